The largest absolute Gasteiger partial charge is 0.379 e. The molecule has 1 aliphatic rings. The molecule has 1 aromatic carbocycles. The van der Waals surface area contributed by atoms with Crippen LogP contribution < -0.4 is 5.32 Å². The zero-order chi connectivity index (χ0) is 16.7. The van der Waals surface area contributed by atoms with E-state index in [0.29, 0.717) is 32.8 Å². The molecular weight excluding hydrogens is 316 g/mol. The fourth-order valence-electron chi connectivity index (χ4n) is 2.48. The van der Waals surface area contributed by atoms with Gasteiger partial charge in [-0.25, -0.2) is 8.42 Å². The Hall–Kier alpha value is -1.44. The number of morpholine rings is 1. The Morgan fingerprint density at radius 3 is 2.74 bits per heavy atom. The summed E-state index contributed by atoms with van der Waals surface area (Å²) in [5, 5.41) is 2.78. The predicted octanol–water partition coefficient (Wildman–Crippen LogP) is 0.706. The fraction of sp³-hybridized carbons (Fsp3) is 0.562. The number of ether oxygens (including phenoxy) is 1. The molecule has 0 atom stereocenters. The van der Waals surface area contributed by atoms with Gasteiger partial charge in [0, 0.05) is 26.1 Å². The number of sulfonamides is 1. The standard InChI is InChI=1S/C16H24N2O4S/c1-14-3-2-4-15(13-14)5-7-17-16(19)6-12-23(20,21)18-8-10-22-11-9-18/h2-4,13H,5-12H2,1H3,(H,17,19). The fourth-order valence-corrected chi connectivity index (χ4v) is 3.88. The van der Waals surface area contributed by atoms with Gasteiger partial charge in [-0.05, 0) is 18.9 Å². The first kappa shape index (κ1) is 17.9. The van der Waals surface area contributed by atoms with E-state index in [1.54, 1.807) is 0 Å². The number of aryl methyl sites for hydroxylation is 1. The maximum atomic E-state index is 12.1. The Balaban J connectivity index is 1.70. The molecule has 0 aromatic heterocycles. The first-order valence-corrected chi connectivity index (χ1v) is 9.46. The molecule has 128 valence electrons. The third kappa shape index (κ3) is 5.93. The van der Waals surface area contributed by atoms with Crippen molar-refractivity contribution in [3.8, 4) is 0 Å². The zero-order valence-electron chi connectivity index (χ0n) is 13.5. The van der Waals surface area contributed by atoms with Gasteiger partial charge in [-0.1, -0.05) is 29.8 Å². The Labute approximate surface area is 137 Å². The lowest BCUT2D eigenvalue weighted by Gasteiger charge is -2.25. The van der Waals surface area contributed by atoms with Crippen molar-refractivity contribution >= 4 is 15.9 Å². The number of amides is 1. The van der Waals surface area contributed by atoms with Crippen LogP contribution in [0.5, 0.6) is 0 Å². The maximum absolute atomic E-state index is 12.1. The number of hydrogen-bond acceptors (Lipinski definition) is 4. The van der Waals surface area contributed by atoms with Gasteiger partial charge in [0.2, 0.25) is 15.9 Å². The van der Waals surface area contributed by atoms with Crippen molar-refractivity contribution < 1.29 is 17.9 Å². The molecule has 1 heterocycles. The maximum Gasteiger partial charge on any atom is 0.221 e. The second-order valence-electron chi connectivity index (χ2n) is 5.67. The quantitative estimate of drug-likeness (QED) is 0.793. The Bertz CT molecular complexity index is 625. The van der Waals surface area contributed by atoms with Crippen LogP contribution in [0.4, 0.5) is 0 Å². The van der Waals surface area contributed by atoms with Crippen LogP contribution in [0.1, 0.15) is 17.5 Å². The average molecular weight is 340 g/mol. The smallest absolute Gasteiger partial charge is 0.221 e. The average Bonchev–Trinajstić information content (AvgIpc) is 2.54. The molecule has 1 aromatic rings. The molecule has 0 saturated carbocycles. The number of hydrogen-bond donors (Lipinski definition) is 1. The number of nitrogens with one attached hydrogen (secondary N) is 1. The number of benzene rings is 1. The summed E-state index contributed by atoms with van der Waals surface area (Å²) >= 11 is 0. The summed E-state index contributed by atoms with van der Waals surface area (Å²) < 4.78 is 30.8. The molecule has 6 nitrogen and oxygen atoms in total. The molecule has 1 aliphatic heterocycles. The Kier molecular flexibility index (Phi) is 6.56. The topological polar surface area (TPSA) is 75.7 Å². The van der Waals surface area contributed by atoms with Crippen LogP contribution in [-0.4, -0.2) is 57.2 Å². The van der Waals surface area contributed by atoms with E-state index in [-0.39, 0.29) is 18.1 Å². The van der Waals surface area contributed by atoms with E-state index < -0.39 is 10.0 Å². The summed E-state index contributed by atoms with van der Waals surface area (Å²) in [6.07, 6.45) is 0.733. The Morgan fingerprint density at radius 2 is 2.04 bits per heavy atom. The molecule has 7 heteroatoms. The van der Waals surface area contributed by atoms with Crippen molar-refractivity contribution in [3.63, 3.8) is 0 Å². The number of carbonyl (C=O) groups excluding carboxylic acids is 1. The molecule has 0 spiro atoms. The highest BCUT2D eigenvalue weighted by Gasteiger charge is 2.24. The van der Waals surface area contributed by atoms with Crippen LogP contribution in [-0.2, 0) is 26.0 Å². The molecule has 1 saturated heterocycles. The van der Waals surface area contributed by atoms with Crippen LogP contribution in [0.15, 0.2) is 24.3 Å². The highest BCUT2D eigenvalue weighted by molar-refractivity contribution is 7.89. The van der Waals surface area contributed by atoms with E-state index in [4.69, 9.17) is 4.74 Å². The van der Waals surface area contributed by atoms with Gasteiger partial charge >= 0.3 is 0 Å². The molecule has 1 N–H and O–H groups in total. The molecule has 1 amide bonds. The number of carbonyl (C=O) groups is 1. The first-order chi connectivity index (χ1) is 11.0. The van der Waals surface area contributed by atoms with Gasteiger partial charge in [0.1, 0.15) is 0 Å². The molecule has 2 rings (SSSR count). The molecule has 0 aliphatic carbocycles. The minimum atomic E-state index is -3.37. The summed E-state index contributed by atoms with van der Waals surface area (Å²) in [4.78, 5) is 11.8. The number of rotatable bonds is 7. The van der Waals surface area contributed by atoms with Crippen molar-refractivity contribution in [3.05, 3.63) is 35.4 Å². The summed E-state index contributed by atoms with van der Waals surface area (Å²) in [6, 6.07) is 8.11. The third-order valence-electron chi connectivity index (χ3n) is 3.77. The van der Waals surface area contributed by atoms with Gasteiger partial charge in [-0.2, -0.15) is 4.31 Å². The zero-order valence-corrected chi connectivity index (χ0v) is 14.3. The lowest BCUT2D eigenvalue weighted by atomic mass is 10.1. The van der Waals surface area contributed by atoms with Gasteiger partial charge in [0.25, 0.3) is 0 Å². The van der Waals surface area contributed by atoms with E-state index in [1.165, 1.54) is 9.87 Å². The first-order valence-electron chi connectivity index (χ1n) is 7.85. The van der Waals surface area contributed by atoms with Crippen LogP contribution in [0.2, 0.25) is 0 Å². The third-order valence-corrected chi connectivity index (χ3v) is 5.64. The van der Waals surface area contributed by atoms with E-state index >= 15 is 0 Å². The molecule has 0 radical (unpaired) electrons. The van der Waals surface area contributed by atoms with Crippen LogP contribution >= 0.6 is 0 Å². The minimum Gasteiger partial charge on any atom is -0.379 e. The summed E-state index contributed by atoms with van der Waals surface area (Å²) in [7, 11) is -3.37. The van der Waals surface area contributed by atoms with Crippen molar-refractivity contribution in [2.24, 2.45) is 0 Å². The predicted molar refractivity (Wildman–Crippen MR) is 88.7 cm³/mol. The summed E-state index contributed by atoms with van der Waals surface area (Å²) in [5.41, 5.74) is 2.34. The van der Waals surface area contributed by atoms with Gasteiger partial charge < -0.3 is 10.1 Å². The Morgan fingerprint density at radius 1 is 1.30 bits per heavy atom. The van der Waals surface area contributed by atoms with E-state index in [9.17, 15) is 13.2 Å². The second-order valence-corrected chi connectivity index (χ2v) is 7.75. The van der Waals surface area contributed by atoms with Crippen molar-refractivity contribution in [2.75, 3.05) is 38.6 Å². The van der Waals surface area contributed by atoms with Gasteiger partial charge in [-0.15, -0.1) is 0 Å². The molecule has 0 unspecified atom stereocenters. The van der Waals surface area contributed by atoms with Crippen LogP contribution in [0.25, 0.3) is 0 Å². The highest BCUT2D eigenvalue weighted by atomic mass is 32.2. The van der Waals surface area contributed by atoms with Crippen LogP contribution in [0, 0.1) is 6.92 Å². The van der Waals surface area contributed by atoms with Crippen molar-refractivity contribution in [1.29, 1.82) is 0 Å². The lowest BCUT2D eigenvalue weighted by molar-refractivity contribution is -0.120. The highest BCUT2D eigenvalue weighted by Crippen LogP contribution is 2.07. The molecule has 0 bridgehead atoms. The van der Waals surface area contributed by atoms with Gasteiger partial charge in [0.05, 0.1) is 19.0 Å². The molecular formula is C16H24N2O4S. The molecule has 1 fully saturated rings. The monoisotopic (exact) mass is 340 g/mol. The normalized spacial score (nSPS) is 16.2. The minimum absolute atomic E-state index is 0.00644. The summed E-state index contributed by atoms with van der Waals surface area (Å²) in [6.45, 7) is 4.12. The van der Waals surface area contributed by atoms with Crippen LogP contribution in [0.3, 0.4) is 0 Å². The van der Waals surface area contributed by atoms with E-state index in [0.717, 1.165) is 12.0 Å². The van der Waals surface area contributed by atoms with Gasteiger partial charge in [-0.3, -0.25) is 4.79 Å². The van der Waals surface area contributed by atoms with E-state index in [1.807, 2.05) is 25.1 Å². The van der Waals surface area contributed by atoms with Gasteiger partial charge in [0.15, 0.2) is 0 Å². The summed E-state index contributed by atoms with van der Waals surface area (Å²) in [5.74, 6) is -0.377. The second kappa shape index (κ2) is 8.42. The lowest BCUT2D eigenvalue weighted by Crippen LogP contribution is -2.42. The SMILES string of the molecule is Cc1cccc(CCNC(=O)CCS(=O)(=O)N2CCOCC2)c1. The van der Waals surface area contributed by atoms with Crippen molar-refractivity contribution in [2.45, 2.75) is 19.8 Å². The number of nitrogens with zero attached hydrogens (tertiary/aromatic N) is 1. The van der Waals surface area contributed by atoms with Crippen molar-refractivity contribution in [1.82, 2.24) is 9.62 Å². The molecule has 23 heavy (non-hydrogen) atoms. The van der Waals surface area contributed by atoms with E-state index in [2.05, 4.69) is 11.4 Å².